The molecule has 0 radical (unpaired) electrons. The van der Waals surface area contributed by atoms with E-state index in [1.165, 1.54) is 0 Å². The van der Waals surface area contributed by atoms with Crippen molar-refractivity contribution in [2.24, 2.45) is 11.8 Å². The Balaban J connectivity index is 2.59. The first-order chi connectivity index (χ1) is 8.33. The fourth-order valence-corrected chi connectivity index (χ4v) is 2.55. The van der Waals surface area contributed by atoms with Crippen LogP contribution in [0.2, 0.25) is 0 Å². The van der Waals surface area contributed by atoms with Gasteiger partial charge in [0.05, 0.1) is 0 Å². The van der Waals surface area contributed by atoms with Gasteiger partial charge >= 0.3 is 6.18 Å². The summed E-state index contributed by atoms with van der Waals surface area (Å²) in [7, 11) is 0. The lowest BCUT2D eigenvalue weighted by atomic mass is 9.82. The summed E-state index contributed by atoms with van der Waals surface area (Å²) in [5, 5.41) is 0. The van der Waals surface area contributed by atoms with Crippen molar-refractivity contribution < 1.29 is 18.0 Å². The van der Waals surface area contributed by atoms with Crippen LogP contribution in [0.15, 0.2) is 0 Å². The van der Waals surface area contributed by atoms with E-state index in [2.05, 4.69) is 6.92 Å². The van der Waals surface area contributed by atoms with E-state index in [0.717, 1.165) is 17.7 Å². The molecule has 1 saturated carbocycles. The van der Waals surface area contributed by atoms with Crippen molar-refractivity contribution in [2.45, 2.75) is 38.8 Å². The minimum Gasteiger partial charge on any atom is -0.332 e. The van der Waals surface area contributed by atoms with Crippen molar-refractivity contribution in [1.29, 1.82) is 0 Å². The van der Waals surface area contributed by atoms with Crippen molar-refractivity contribution in [2.75, 3.05) is 19.0 Å². The van der Waals surface area contributed by atoms with Gasteiger partial charge in [0.15, 0.2) is 0 Å². The number of alkyl halides is 4. The van der Waals surface area contributed by atoms with Gasteiger partial charge in [-0.1, -0.05) is 6.92 Å². The van der Waals surface area contributed by atoms with Gasteiger partial charge in [-0.3, -0.25) is 4.79 Å². The molecule has 0 N–H and O–H groups in total. The summed E-state index contributed by atoms with van der Waals surface area (Å²) in [4.78, 5) is 12.9. The molecule has 2 nitrogen and oxygen atoms in total. The molecule has 1 aliphatic rings. The largest absolute Gasteiger partial charge is 0.406 e. The normalized spacial score (nSPS) is 24.9. The first-order valence-electron chi connectivity index (χ1n) is 6.25. The Morgan fingerprint density at radius 3 is 2.28 bits per heavy atom. The van der Waals surface area contributed by atoms with Crippen LogP contribution in [0, 0.1) is 11.8 Å². The van der Waals surface area contributed by atoms with E-state index in [4.69, 9.17) is 11.6 Å². The van der Waals surface area contributed by atoms with Crippen LogP contribution in [-0.2, 0) is 4.79 Å². The monoisotopic (exact) mass is 285 g/mol. The fraction of sp³-hybridized carbons (Fsp3) is 0.917. The average molecular weight is 286 g/mol. The minimum absolute atomic E-state index is 0.0327. The Labute approximate surface area is 110 Å². The van der Waals surface area contributed by atoms with Gasteiger partial charge in [-0.25, -0.2) is 0 Å². The van der Waals surface area contributed by atoms with Gasteiger partial charge in [0.2, 0.25) is 5.91 Å². The molecule has 0 saturated heterocycles. The van der Waals surface area contributed by atoms with E-state index in [1.807, 2.05) is 0 Å². The molecule has 0 bridgehead atoms. The zero-order valence-corrected chi connectivity index (χ0v) is 11.2. The Kier molecular flexibility index (Phi) is 5.76. The van der Waals surface area contributed by atoms with Crippen LogP contribution in [0.4, 0.5) is 13.2 Å². The number of amides is 1. The molecule has 0 aliphatic heterocycles. The highest BCUT2D eigenvalue weighted by atomic mass is 35.5. The minimum atomic E-state index is -4.36. The van der Waals surface area contributed by atoms with Gasteiger partial charge in [-0.05, 0) is 31.6 Å². The highest BCUT2D eigenvalue weighted by Crippen LogP contribution is 2.30. The Bertz CT molecular complexity index is 275. The molecule has 1 fully saturated rings. The maximum Gasteiger partial charge on any atom is 0.406 e. The Morgan fingerprint density at radius 1 is 1.28 bits per heavy atom. The first-order valence-corrected chi connectivity index (χ1v) is 6.78. The van der Waals surface area contributed by atoms with Crippen molar-refractivity contribution in [3.05, 3.63) is 0 Å². The second-order valence-electron chi connectivity index (χ2n) is 5.02. The van der Waals surface area contributed by atoms with Gasteiger partial charge in [-0.2, -0.15) is 13.2 Å². The number of carbonyl (C=O) groups is 1. The molecule has 0 atom stereocenters. The third-order valence-electron chi connectivity index (χ3n) is 3.40. The van der Waals surface area contributed by atoms with E-state index < -0.39 is 12.7 Å². The van der Waals surface area contributed by atoms with Crippen LogP contribution >= 0.6 is 11.6 Å². The molecule has 0 aromatic carbocycles. The number of rotatable bonds is 4. The molecule has 18 heavy (non-hydrogen) atoms. The van der Waals surface area contributed by atoms with Crippen molar-refractivity contribution >= 4 is 17.5 Å². The zero-order valence-electron chi connectivity index (χ0n) is 10.5. The third kappa shape index (κ3) is 5.04. The van der Waals surface area contributed by atoms with E-state index in [1.54, 1.807) is 0 Å². The summed E-state index contributed by atoms with van der Waals surface area (Å²) >= 11 is 5.47. The summed E-state index contributed by atoms with van der Waals surface area (Å²) < 4.78 is 37.1. The molecule has 0 aromatic rings. The van der Waals surface area contributed by atoms with Crippen molar-refractivity contribution in [3.63, 3.8) is 0 Å². The summed E-state index contributed by atoms with van der Waals surface area (Å²) in [5.74, 6) is -0.0462. The highest BCUT2D eigenvalue weighted by molar-refractivity contribution is 6.18. The molecular weight excluding hydrogens is 267 g/mol. The van der Waals surface area contributed by atoms with Gasteiger partial charge in [0.1, 0.15) is 6.54 Å². The number of hydrogen-bond donors (Lipinski definition) is 0. The molecule has 1 amide bonds. The first kappa shape index (κ1) is 15.6. The topological polar surface area (TPSA) is 20.3 Å². The molecule has 0 unspecified atom stereocenters. The summed E-state index contributed by atoms with van der Waals surface area (Å²) in [6.45, 7) is 0.878. The Hall–Kier alpha value is -0.450. The smallest absolute Gasteiger partial charge is 0.332 e. The van der Waals surface area contributed by atoms with E-state index in [9.17, 15) is 18.0 Å². The third-order valence-corrected chi connectivity index (χ3v) is 3.57. The number of halogens is 4. The maximum atomic E-state index is 12.4. The SMILES string of the molecule is CC1CCC(C(=O)N(CCCl)CC(F)(F)F)CC1. The van der Waals surface area contributed by atoms with Gasteiger partial charge in [0, 0.05) is 18.3 Å². The summed E-state index contributed by atoms with van der Waals surface area (Å²) in [6, 6.07) is 0. The standard InChI is InChI=1S/C12H19ClF3NO/c1-9-2-4-10(5-3-9)11(18)17(7-6-13)8-12(14,15)16/h9-10H,2-8H2,1H3. The van der Waals surface area contributed by atoms with Crippen LogP contribution in [-0.4, -0.2) is 36.0 Å². The average Bonchev–Trinajstić information content (AvgIpc) is 2.27. The second kappa shape index (κ2) is 6.64. The van der Waals surface area contributed by atoms with Crippen molar-refractivity contribution in [3.8, 4) is 0 Å². The number of hydrogen-bond acceptors (Lipinski definition) is 1. The van der Waals surface area contributed by atoms with E-state index in [0.29, 0.717) is 18.8 Å². The number of nitrogens with zero attached hydrogens (tertiary/aromatic N) is 1. The quantitative estimate of drug-likeness (QED) is 0.725. The second-order valence-corrected chi connectivity index (χ2v) is 5.40. The van der Waals surface area contributed by atoms with Crippen LogP contribution < -0.4 is 0 Å². The molecule has 0 spiro atoms. The lowest BCUT2D eigenvalue weighted by Crippen LogP contribution is -2.44. The lowest BCUT2D eigenvalue weighted by molar-refractivity contribution is -0.164. The predicted octanol–water partition coefficient (Wildman–Crippen LogP) is 3.44. The number of carbonyl (C=O) groups excluding carboxylic acids is 1. The molecule has 6 heteroatoms. The maximum absolute atomic E-state index is 12.4. The van der Waals surface area contributed by atoms with E-state index >= 15 is 0 Å². The molecule has 1 aliphatic carbocycles. The molecule has 1 rings (SSSR count). The van der Waals surface area contributed by atoms with Crippen LogP contribution in [0.3, 0.4) is 0 Å². The molecule has 0 heterocycles. The Morgan fingerprint density at radius 2 is 1.83 bits per heavy atom. The highest BCUT2D eigenvalue weighted by Gasteiger charge is 2.35. The van der Waals surface area contributed by atoms with E-state index in [-0.39, 0.29) is 24.2 Å². The van der Waals surface area contributed by atoms with Crippen LogP contribution in [0.5, 0.6) is 0 Å². The van der Waals surface area contributed by atoms with Crippen molar-refractivity contribution in [1.82, 2.24) is 4.90 Å². The lowest BCUT2D eigenvalue weighted by Gasteiger charge is -2.31. The molecular formula is C12H19ClF3NO. The van der Waals surface area contributed by atoms with Crippen LogP contribution in [0.1, 0.15) is 32.6 Å². The zero-order chi connectivity index (χ0) is 13.8. The van der Waals surface area contributed by atoms with Gasteiger partial charge in [0.25, 0.3) is 0 Å². The molecule has 0 aromatic heterocycles. The van der Waals surface area contributed by atoms with Crippen LogP contribution in [0.25, 0.3) is 0 Å². The van der Waals surface area contributed by atoms with Gasteiger partial charge < -0.3 is 4.90 Å². The summed E-state index contributed by atoms with van der Waals surface area (Å²) in [5.41, 5.74) is 0. The fourth-order valence-electron chi connectivity index (χ4n) is 2.35. The molecule has 106 valence electrons. The van der Waals surface area contributed by atoms with Gasteiger partial charge in [-0.15, -0.1) is 11.6 Å². The predicted molar refractivity (Wildman–Crippen MR) is 64.5 cm³/mol. The summed E-state index contributed by atoms with van der Waals surface area (Å²) in [6.07, 6.45) is -1.15.